The third kappa shape index (κ3) is 4.61. The smallest absolute Gasteiger partial charge is 0.265 e. The first-order chi connectivity index (χ1) is 12.4. The highest BCUT2D eigenvalue weighted by Gasteiger charge is 2.21. The molecule has 0 fully saturated rings. The maximum Gasteiger partial charge on any atom is 0.265 e. The van der Waals surface area contributed by atoms with Crippen LogP contribution in [-0.2, 0) is 4.79 Å². The Balaban J connectivity index is 2.21. The van der Waals surface area contributed by atoms with Gasteiger partial charge in [-0.05, 0) is 31.9 Å². The van der Waals surface area contributed by atoms with Crippen LogP contribution in [0.3, 0.4) is 0 Å². The maximum atomic E-state index is 12.7. The molecule has 1 amide bonds. The molecule has 0 saturated heterocycles. The lowest BCUT2D eigenvalue weighted by atomic mass is 10.1. The molecule has 1 atom stereocenters. The summed E-state index contributed by atoms with van der Waals surface area (Å²) in [5.74, 6) is 1.32. The van der Waals surface area contributed by atoms with Gasteiger partial charge in [-0.15, -0.1) is 0 Å². The van der Waals surface area contributed by atoms with E-state index in [2.05, 4.69) is 5.32 Å². The lowest BCUT2D eigenvalue weighted by molar-refractivity contribution is -0.122. The van der Waals surface area contributed by atoms with Crippen LogP contribution < -0.4 is 19.5 Å². The number of carbonyl (C=O) groups is 1. The molecule has 140 valence electrons. The van der Waals surface area contributed by atoms with Crippen LogP contribution in [0, 0.1) is 13.8 Å². The molecule has 0 bridgehead atoms. The molecular formula is C20H24ClNO4. The molecule has 2 aromatic carbocycles. The zero-order valence-corrected chi connectivity index (χ0v) is 16.4. The van der Waals surface area contributed by atoms with Gasteiger partial charge >= 0.3 is 0 Å². The number of carbonyl (C=O) groups excluding carboxylic acids is 1. The van der Waals surface area contributed by atoms with Crippen molar-refractivity contribution < 1.29 is 19.0 Å². The number of hydrogen-bond acceptors (Lipinski definition) is 4. The third-order valence-corrected chi connectivity index (χ3v) is 4.29. The van der Waals surface area contributed by atoms with Gasteiger partial charge in [-0.2, -0.15) is 0 Å². The van der Waals surface area contributed by atoms with Gasteiger partial charge in [0.25, 0.3) is 5.91 Å². The van der Waals surface area contributed by atoms with E-state index in [4.69, 9.17) is 25.8 Å². The highest BCUT2D eigenvalue weighted by molar-refractivity contribution is 6.32. The Labute approximate surface area is 159 Å². The number of methoxy groups -OCH3 is 2. The molecule has 0 aliphatic rings. The summed E-state index contributed by atoms with van der Waals surface area (Å²) in [5.41, 5.74) is 2.61. The van der Waals surface area contributed by atoms with Crippen LogP contribution >= 0.6 is 11.6 Å². The van der Waals surface area contributed by atoms with E-state index in [1.165, 1.54) is 14.2 Å². The fraction of sp³-hybridized carbons (Fsp3) is 0.350. The zero-order valence-electron chi connectivity index (χ0n) is 15.7. The number of anilines is 1. The summed E-state index contributed by atoms with van der Waals surface area (Å²) in [4.78, 5) is 12.7. The molecule has 1 N–H and O–H groups in total. The molecule has 0 aromatic heterocycles. The van der Waals surface area contributed by atoms with E-state index < -0.39 is 6.10 Å². The molecular weight excluding hydrogens is 354 g/mol. The van der Waals surface area contributed by atoms with Crippen LogP contribution in [0.25, 0.3) is 0 Å². The lowest BCUT2D eigenvalue weighted by Gasteiger charge is -2.20. The average molecular weight is 378 g/mol. The van der Waals surface area contributed by atoms with E-state index in [0.717, 1.165) is 11.1 Å². The SMILES string of the molecule is CCC(Oc1ccc(C)cc1C)C(=O)Nc1cc(OC)c(Cl)cc1OC. The first-order valence-electron chi connectivity index (χ1n) is 8.35. The quantitative estimate of drug-likeness (QED) is 0.755. The molecule has 1 unspecified atom stereocenters. The number of aryl methyl sites for hydroxylation is 2. The van der Waals surface area contributed by atoms with Gasteiger partial charge in [-0.25, -0.2) is 0 Å². The fourth-order valence-corrected chi connectivity index (χ4v) is 2.81. The Hall–Kier alpha value is -2.40. The molecule has 0 heterocycles. The summed E-state index contributed by atoms with van der Waals surface area (Å²) in [7, 11) is 3.02. The summed E-state index contributed by atoms with van der Waals surface area (Å²) in [6.45, 7) is 5.87. The van der Waals surface area contributed by atoms with Crippen LogP contribution in [0.1, 0.15) is 24.5 Å². The lowest BCUT2D eigenvalue weighted by Crippen LogP contribution is -2.32. The first kappa shape index (κ1) is 19.9. The topological polar surface area (TPSA) is 56.8 Å². The van der Waals surface area contributed by atoms with E-state index >= 15 is 0 Å². The Kier molecular flexibility index (Phi) is 6.75. The molecule has 2 aromatic rings. The summed E-state index contributed by atoms with van der Waals surface area (Å²) < 4.78 is 16.4. The summed E-state index contributed by atoms with van der Waals surface area (Å²) in [5, 5.41) is 3.24. The molecule has 0 radical (unpaired) electrons. The van der Waals surface area contributed by atoms with Crippen molar-refractivity contribution in [3.8, 4) is 17.2 Å². The Morgan fingerprint density at radius 1 is 1.08 bits per heavy atom. The van der Waals surface area contributed by atoms with Gasteiger partial charge in [-0.3, -0.25) is 4.79 Å². The molecule has 5 nitrogen and oxygen atoms in total. The Morgan fingerprint density at radius 3 is 2.35 bits per heavy atom. The minimum Gasteiger partial charge on any atom is -0.495 e. The second-order valence-electron chi connectivity index (χ2n) is 5.96. The van der Waals surface area contributed by atoms with Gasteiger partial charge in [0.2, 0.25) is 0 Å². The first-order valence-corrected chi connectivity index (χ1v) is 8.73. The predicted octanol–water partition coefficient (Wildman–Crippen LogP) is 4.77. The minimum absolute atomic E-state index is 0.268. The second-order valence-corrected chi connectivity index (χ2v) is 6.37. The normalized spacial score (nSPS) is 11.6. The number of amides is 1. The molecule has 0 aliphatic carbocycles. The summed E-state index contributed by atoms with van der Waals surface area (Å²) in [6, 6.07) is 9.09. The molecule has 26 heavy (non-hydrogen) atoms. The number of ether oxygens (including phenoxy) is 3. The average Bonchev–Trinajstić information content (AvgIpc) is 2.62. The largest absolute Gasteiger partial charge is 0.495 e. The van der Waals surface area contributed by atoms with Crippen molar-refractivity contribution in [2.75, 3.05) is 19.5 Å². The fourth-order valence-electron chi connectivity index (χ4n) is 2.58. The number of benzene rings is 2. The van der Waals surface area contributed by atoms with Crippen LogP contribution in [0.2, 0.25) is 5.02 Å². The number of hydrogen-bond donors (Lipinski definition) is 1. The highest BCUT2D eigenvalue weighted by Crippen LogP contribution is 2.36. The zero-order chi connectivity index (χ0) is 19.3. The van der Waals surface area contributed by atoms with Gasteiger partial charge in [-0.1, -0.05) is 36.2 Å². The van der Waals surface area contributed by atoms with E-state index in [0.29, 0.717) is 34.4 Å². The van der Waals surface area contributed by atoms with Gasteiger partial charge in [0.05, 0.1) is 24.9 Å². The molecule has 0 spiro atoms. The molecule has 6 heteroatoms. The number of nitrogens with one attached hydrogen (secondary N) is 1. The number of rotatable bonds is 7. The van der Waals surface area contributed by atoms with Gasteiger partial charge in [0.1, 0.15) is 17.2 Å². The van der Waals surface area contributed by atoms with Crippen LogP contribution in [-0.4, -0.2) is 26.2 Å². The van der Waals surface area contributed by atoms with Crippen molar-refractivity contribution in [3.05, 3.63) is 46.5 Å². The van der Waals surface area contributed by atoms with Crippen molar-refractivity contribution in [2.45, 2.75) is 33.3 Å². The highest BCUT2D eigenvalue weighted by atomic mass is 35.5. The van der Waals surface area contributed by atoms with Crippen molar-refractivity contribution >= 4 is 23.2 Å². The van der Waals surface area contributed by atoms with Gasteiger partial charge in [0.15, 0.2) is 6.10 Å². The Morgan fingerprint density at radius 2 is 1.77 bits per heavy atom. The van der Waals surface area contributed by atoms with Gasteiger partial charge < -0.3 is 19.5 Å². The van der Waals surface area contributed by atoms with E-state index in [9.17, 15) is 4.79 Å². The monoisotopic (exact) mass is 377 g/mol. The minimum atomic E-state index is -0.636. The van der Waals surface area contributed by atoms with Crippen molar-refractivity contribution in [1.82, 2.24) is 0 Å². The second kappa shape index (κ2) is 8.81. The van der Waals surface area contributed by atoms with E-state index in [1.54, 1.807) is 12.1 Å². The number of halogens is 1. The molecule has 2 rings (SSSR count). The van der Waals surface area contributed by atoms with Crippen molar-refractivity contribution in [2.24, 2.45) is 0 Å². The van der Waals surface area contributed by atoms with Crippen LogP contribution in [0.5, 0.6) is 17.2 Å². The Bertz CT molecular complexity index is 792. The maximum absolute atomic E-state index is 12.7. The third-order valence-electron chi connectivity index (χ3n) is 3.99. The van der Waals surface area contributed by atoms with Crippen LogP contribution in [0.15, 0.2) is 30.3 Å². The summed E-state index contributed by atoms with van der Waals surface area (Å²) in [6.07, 6.45) is -0.116. The van der Waals surface area contributed by atoms with E-state index in [1.807, 2.05) is 39.0 Å². The van der Waals surface area contributed by atoms with Crippen molar-refractivity contribution in [1.29, 1.82) is 0 Å². The molecule has 0 aliphatic heterocycles. The van der Waals surface area contributed by atoms with E-state index in [-0.39, 0.29) is 5.91 Å². The predicted molar refractivity (Wildman–Crippen MR) is 104 cm³/mol. The standard InChI is InChI=1S/C20H24ClNO4/c1-6-16(26-17-8-7-12(2)9-13(17)3)20(23)22-15-11-18(24-4)14(21)10-19(15)25-5/h7-11,16H,6H2,1-5H3,(H,22,23). The molecule has 0 saturated carbocycles. The van der Waals surface area contributed by atoms with Crippen molar-refractivity contribution in [3.63, 3.8) is 0 Å². The summed E-state index contributed by atoms with van der Waals surface area (Å²) >= 11 is 6.10. The van der Waals surface area contributed by atoms with Crippen LogP contribution in [0.4, 0.5) is 5.69 Å². The van der Waals surface area contributed by atoms with Gasteiger partial charge in [0, 0.05) is 12.1 Å².